The van der Waals surface area contributed by atoms with Gasteiger partial charge in [0, 0.05) is 17.6 Å². The van der Waals surface area contributed by atoms with Gasteiger partial charge >= 0.3 is 0 Å². The predicted octanol–water partition coefficient (Wildman–Crippen LogP) is 3.01. The third-order valence-electron chi connectivity index (χ3n) is 3.86. The van der Waals surface area contributed by atoms with E-state index in [1.54, 1.807) is 6.07 Å². The summed E-state index contributed by atoms with van der Waals surface area (Å²) in [6, 6.07) is 5.53. The monoisotopic (exact) mass is 250 g/mol. The van der Waals surface area contributed by atoms with Crippen LogP contribution in [0.1, 0.15) is 43.2 Å². The quantitative estimate of drug-likeness (QED) is 0.893. The van der Waals surface area contributed by atoms with Crippen molar-refractivity contribution in [1.29, 1.82) is 0 Å². The predicted molar refractivity (Wildman–Crippen MR) is 72.7 cm³/mol. The molecule has 1 fully saturated rings. The van der Waals surface area contributed by atoms with Crippen molar-refractivity contribution in [3.63, 3.8) is 0 Å². The molecule has 1 aliphatic carbocycles. The number of halogens is 1. The standard InChI is InChI=1S/C15H23FN2/c1-18(2)11-12-6-7-13(10-14(12)16)15(17)8-4-3-5-9-15/h6-7,10H,3-5,8-9,11,17H2,1-2H3. The molecule has 1 saturated carbocycles. The van der Waals surface area contributed by atoms with Crippen LogP contribution in [0.4, 0.5) is 4.39 Å². The first-order valence-corrected chi connectivity index (χ1v) is 6.74. The summed E-state index contributed by atoms with van der Waals surface area (Å²) in [5.41, 5.74) is 7.81. The fraction of sp³-hybridized carbons (Fsp3) is 0.600. The molecular weight excluding hydrogens is 227 g/mol. The highest BCUT2D eigenvalue weighted by Gasteiger charge is 2.29. The molecule has 0 bridgehead atoms. The highest BCUT2D eigenvalue weighted by Crippen LogP contribution is 2.35. The molecule has 0 aromatic heterocycles. The van der Waals surface area contributed by atoms with Crippen LogP contribution in [-0.2, 0) is 12.1 Å². The van der Waals surface area contributed by atoms with Crippen molar-refractivity contribution in [3.05, 3.63) is 35.1 Å². The van der Waals surface area contributed by atoms with Crippen LogP contribution >= 0.6 is 0 Å². The molecule has 1 aliphatic rings. The summed E-state index contributed by atoms with van der Waals surface area (Å²) >= 11 is 0. The van der Waals surface area contributed by atoms with Crippen molar-refractivity contribution in [2.45, 2.75) is 44.2 Å². The van der Waals surface area contributed by atoms with E-state index in [1.807, 2.05) is 31.1 Å². The van der Waals surface area contributed by atoms with E-state index in [-0.39, 0.29) is 11.4 Å². The van der Waals surface area contributed by atoms with E-state index in [2.05, 4.69) is 0 Å². The average molecular weight is 250 g/mol. The van der Waals surface area contributed by atoms with Crippen LogP contribution in [0, 0.1) is 5.82 Å². The van der Waals surface area contributed by atoms with Gasteiger partial charge < -0.3 is 10.6 Å². The fourth-order valence-corrected chi connectivity index (χ4v) is 2.80. The molecular formula is C15H23FN2. The van der Waals surface area contributed by atoms with Crippen LogP contribution in [-0.4, -0.2) is 19.0 Å². The first-order valence-electron chi connectivity index (χ1n) is 6.74. The van der Waals surface area contributed by atoms with Gasteiger partial charge in [0.1, 0.15) is 5.82 Å². The van der Waals surface area contributed by atoms with Gasteiger partial charge in [0.15, 0.2) is 0 Å². The van der Waals surface area contributed by atoms with Gasteiger partial charge in [-0.05, 0) is 38.6 Å². The molecule has 0 atom stereocenters. The lowest BCUT2D eigenvalue weighted by Gasteiger charge is -2.34. The normalized spacial score (nSPS) is 19.2. The Kier molecular flexibility index (Phi) is 4.03. The summed E-state index contributed by atoms with van der Waals surface area (Å²) in [6.07, 6.45) is 5.49. The highest BCUT2D eigenvalue weighted by molar-refractivity contribution is 5.30. The minimum Gasteiger partial charge on any atom is -0.321 e. The van der Waals surface area contributed by atoms with Gasteiger partial charge in [-0.3, -0.25) is 0 Å². The number of nitrogens with two attached hydrogens (primary N) is 1. The van der Waals surface area contributed by atoms with Crippen molar-refractivity contribution in [3.8, 4) is 0 Å². The molecule has 1 aromatic rings. The molecule has 18 heavy (non-hydrogen) atoms. The summed E-state index contributed by atoms with van der Waals surface area (Å²) in [4.78, 5) is 1.97. The van der Waals surface area contributed by atoms with Crippen molar-refractivity contribution in [2.24, 2.45) is 5.73 Å². The van der Waals surface area contributed by atoms with Gasteiger partial charge in [0.25, 0.3) is 0 Å². The summed E-state index contributed by atoms with van der Waals surface area (Å²) in [5, 5.41) is 0. The number of hydrogen-bond donors (Lipinski definition) is 1. The molecule has 2 nitrogen and oxygen atoms in total. The Morgan fingerprint density at radius 2 is 1.89 bits per heavy atom. The van der Waals surface area contributed by atoms with Crippen LogP contribution in [0.3, 0.4) is 0 Å². The minimum absolute atomic E-state index is 0.128. The van der Waals surface area contributed by atoms with E-state index in [0.717, 1.165) is 36.8 Å². The third-order valence-corrected chi connectivity index (χ3v) is 3.86. The van der Waals surface area contributed by atoms with Crippen LogP contribution in [0.2, 0.25) is 0 Å². The van der Waals surface area contributed by atoms with Crippen LogP contribution in [0.5, 0.6) is 0 Å². The molecule has 0 spiro atoms. The summed E-state index contributed by atoms with van der Waals surface area (Å²) in [5.74, 6) is -0.128. The smallest absolute Gasteiger partial charge is 0.128 e. The van der Waals surface area contributed by atoms with Gasteiger partial charge in [0.2, 0.25) is 0 Å². The van der Waals surface area contributed by atoms with Gasteiger partial charge in [-0.1, -0.05) is 31.4 Å². The van der Waals surface area contributed by atoms with E-state index in [0.29, 0.717) is 6.54 Å². The van der Waals surface area contributed by atoms with E-state index in [9.17, 15) is 4.39 Å². The minimum atomic E-state index is -0.310. The first-order chi connectivity index (χ1) is 8.51. The van der Waals surface area contributed by atoms with Gasteiger partial charge in [-0.25, -0.2) is 4.39 Å². The molecule has 0 saturated heterocycles. The Balaban J connectivity index is 2.22. The second-order valence-corrected chi connectivity index (χ2v) is 5.76. The Bertz CT molecular complexity index is 409. The average Bonchev–Trinajstić information content (AvgIpc) is 2.32. The molecule has 2 N–H and O–H groups in total. The second kappa shape index (κ2) is 5.37. The molecule has 0 aliphatic heterocycles. The maximum Gasteiger partial charge on any atom is 0.128 e. The zero-order valence-corrected chi connectivity index (χ0v) is 11.4. The third kappa shape index (κ3) is 2.90. The number of nitrogens with zero attached hydrogens (tertiary/aromatic N) is 1. The van der Waals surface area contributed by atoms with Crippen molar-refractivity contribution >= 4 is 0 Å². The molecule has 0 heterocycles. The topological polar surface area (TPSA) is 29.3 Å². The van der Waals surface area contributed by atoms with Gasteiger partial charge in [-0.2, -0.15) is 0 Å². The second-order valence-electron chi connectivity index (χ2n) is 5.76. The molecule has 1 aromatic carbocycles. The first kappa shape index (κ1) is 13.5. The number of hydrogen-bond acceptors (Lipinski definition) is 2. The summed E-state index contributed by atoms with van der Waals surface area (Å²) in [6.45, 7) is 0.629. The maximum atomic E-state index is 14.1. The lowest BCUT2D eigenvalue weighted by molar-refractivity contribution is 0.301. The van der Waals surface area contributed by atoms with E-state index >= 15 is 0 Å². The lowest BCUT2D eigenvalue weighted by Crippen LogP contribution is -2.38. The largest absolute Gasteiger partial charge is 0.321 e. The van der Waals surface area contributed by atoms with Crippen LogP contribution in [0.15, 0.2) is 18.2 Å². The lowest BCUT2D eigenvalue weighted by atomic mass is 9.77. The molecule has 2 rings (SSSR count). The maximum absolute atomic E-state index is 14.1. The fourth-order valence-electron chi connectivity index (χ4n) is 2.80. The Morgan fingerprint density at radius 3 is 2.44 bits per heavy atom. The Labute approximate surface area is 109 Å². The van der Waals surface area contributed by atoms with Crippen LogP contribution in [0.25, 0.3) is 0 Å². The van der Waals surface area contributed by atoms with Crippen molar-refractivity contribution in [2.75, 3.05) is 14.1 Å². The molecule has 0 unspecified atom stereocenters. The zero-order valence-electron chi connectivity index (χ0n) is 11.4. The number of benzene rings is 1. The summed E-state index contributed by atoms with van der Waals surface area (Å²) < 4.78 is 14.1. The van der Waals surface area contributed by atoms with E-state index < -0.39 is 0 Å². The SMILES string of the molecule is CN(C)Cc1ccc(C2(N)CCCCC2)cc1F. The molecule has 0 radical (unpaired) electrons. The van der Waals surface area contributed by atoms with Gasteiger partial charge in [0.05, 0.1) is 0 Å². The summed E-state index contributed by atoms with van der Waals surface area (Å²) in [7, 11) is 3.89. The van der Waals surface area contributed by atoms with Crippen molar-refractivity contribution < 1.29 is 4.39 Å². The molecule has 100 valence electrons. The Hall–Kier alpha value is -0.930. The highest BCUT2D eigenvalue weighted by atomic mass is 19.1. The molecule has 0 amide bonds. The number of rotatable bonds is 3. The van der Waals surface area contributed by atoms with Crippen molar-refractivity contribution in [1.82, 2.24) is 4.90 Å². The van der Waals surface area contributed by atoms with Crippen LogP contribution < -0.4 is 5.73 Å². The molecule has 3 heteroatoms. The van der Waals surface area contributed by atoms with E-state index in [1.165, 1.54) is 6.42 Å². The van der Waals surface area contributed by atoms with E-state index in [4.69, 9.17) is 5.73 Å². The zero-order chi connectivity index (χ0) is 13.2. The Morgan fingerprint density at radius 1 is 1.22 bits per heavy atom. The van der Waals surface area contributed by atoms with Gasteiger partial charge in [-0.15, -0.1) is 0 Å².